The molecule has 1 spiro atoms. The van der Waals surface area contributed by atoms with E-state index in [1.54, 1.807) is 23.4 Å². The van der Waals surface area contributed by atoms with Crippen LogP contribution in [0.2, 0.25) is 0 Å². The summed E-state index contributed by atoms with van der Waals surface area (Å²) in [5.74, 6) is 1.17. The van der Waals surface area contributed by atoms with E-state index in [4.69, 9.17) is 9.47 Å². The molecule has 2 aromatic rings. The first-order valence-corrected chi connectivity index (χ1v) is 9.18. The molecule has 7 nitrogen and oxygen atoms in total. The summed E-state index contributed by atoms with van der Waals surface area (Å²) >= 11 is 0. The summed E-state index contributed by atoms with van der Waals surface area (Å²) in [6, 6.07) is 10.8. The number of anilines is 1. The number of nitrogens with zero attached hydrogens (tertiary/aromatic N) is 2. The lowest BCUT2D eigenvalue weighted by Crippen LogP contribution is -2.48. The first-order valence-electron chi connectivity index (χ1n) is 9.18. The average molecular weight is 369 g/mol. The van der Waals surface area contributed by atoms with Gasteiger partial charge in [0, 0.05) is 25.7 Å². The Morgan fingerprint density at radius 1 is 1.26 bits per heavy atom. The smallest absolute Gasteiger partial charge is 0.321 e. The molecule has 27 heavy (non-hydrogen) atoms. The van der Waals surface area contributed by atoms with Gasteiger partial charge in [0.2, 0.25) is 0 Å². The van der Waals surface area contributed by atoms with E-state index in [9.17, 15) is 9.90 Å². The number of urea groups is 1. The summed E-state index contributed by atoms with van der Waals surface area (Å²) in [7, 11) is 0. The van der Waals surface area contributed by atoms with Crippen LogP contribution < -0.4 is 10.1 Å². The molecule has 2 aliphatic heterocycles. The summed E-state index contributed by atoms with van der Waals surface area (Å²) in [5, 5.41) is 12.7. The molecule has 0 aliphatic carbocycles. The van der Waals surface area contributed by atoms with Gasteiger partial charge in [-0.2, -0.15) is 0 Å². The molecule has 2 amide bonds. The number of aliphatic hydroxyl groups is 1. The summed E-state index contributed by atoms with van der Waals surface area (Å²) in [6.45, 7) is 1.60. The van der Waals surface area contributed by atoms with Crippen molar-refractivity contribution >= 4 is 11.7 Å². The van der Waals surface area contributed by atoms with Crippen molar-refractivity contribution in [3.05, 3.63) is 48.8 Å². The summed E-state index contributed by atoms with van der Waals surface area (Å²) in [4.78, 5) is 18.5. The number of hydrogen-bond acceptors (Lipinski definition) is 5. The number of carbonyl (C=O) groups is 1. The van der Waals surface area contributed by atoms with Crippen molar-refractivity contribution < 1.29 is 19.4 Å². The van der Waals surface area contributed by atoms with Crippen molar-refractivity contribution in [3.63, 3.8) is 0 Å². The van der Waals surface area contributed by atoms with Gasteiger partial charge in [-0.1, -0.05) is 12.1 Å². The second-order valence-electron chi connectivity index (χ2n) is 7.06. The minimum atomic E-state index is -0.387. The fourth-order valence-electron chi connectivity index (χ4n) is 3.67. The number of ether oxygens (including phenoxy) is 2. The van der Waals surface area contributed by atoms with Crippen LogP contribution in [0.5, 0.6) is 11.5 Å². The fourth-order valence-corrected chi connectivity index (χ4v) is 3.67. The zero-order chi connectivity index (χ0) is 18.7. The maximum absolute atomic E-state index is 12.7. The third-order valence-electron chi connectivity index (χ3n) is 5.14. The Kier molecular flexibility index (Phi) is 4.96. The van der Waals surface area contributed by atoms with E-state index in [1.807, 2.05) is 30.3 Å². The van der Waals surface area contributed by atoms with Crippen LogP contribution >= 0.6 is 0 Å². The van der Waals surface area contributed by atoms with Crippen LogP contribution in [0.1, 0.15) is 19.3 Å². The van der Waals surface area contributed by atoms with Gasteiger partial charge < -0.3 is 24.8 Å². The zero-order valence-electron chi connectivity index (χ0n) is 15.0. The summed E-state index contributed by atoms with van der Waals surface area (Å²) in [5.41, 5.74) is 0.344. The molecular weight excluding hydrogens is 346 g/mol. The number of hydrogen-bond donors (Lipinski definition) is 2. The van der Waals surface area contributed by atoms with Gasteiger partial charge >= 0.3 is 6.03 Å². The highest BCUT2D eigenvalue weighted by atomic mass is 16.5. The van der Waals surface area contributed by atoms with Crippen LogP contribution in [0.25, 0.3) is 0 Å². The maximum atomic E-state index is 12.7. The number of likely N-dealkylation sites (tertiary alicyclic amines) is 1. The molecule has 1 aromatic carbocycles. The number of pyridine rings is 1. The largest absolute Gasteiger partial charge is 0.454 e. The van der Waals surface area contributed by atoms with Gasteiger partial charge in [-0.05, 0) is 37.1 Å². The summed E-state index contributed by atoms with van der Waals surface area (Å²) in [6.07, 6.45) is 5.05. The third-order valence-corrected chi connectivity index (χ3v) is 5.14. The number of amides is 2. The number of para-hydroxylation sites is 2. The minimum absolute atomic E-state index is 0.161. The Morgan fingerprint density at radius 3 is 2.78 bits per heavy atom. The van der Waals surface area contributed by atoms with Crippen LogP contribution in [0, 0.1) is 0 Å². The van der Waals surface area contributed by atoms with Gasteiger partial charge in [0.1, 0.15) is 5.75 Å². The van der Waals surface area contributed by atoms with E-state index in [2.05, 4.69) is 10.3 Å². The first-order chi connectivity index (χ1) is 13.1. The van der Waals surface area contributed by atoms with E-state index < -0.39 is 0 Å². The molecule has 2 fully saturated rings. The second-order valence-corrected chi connectivity index (χ2v) is 7.06. The predicted molar refractivity (Wildman–Crippen MR) is 99.9 cm³/mol. The Balaban J connectivity index is 1.39. The van der Waals surface area contributed by atoms with Crippen molar-refractivity contribution in [1.29, 1.82) is 0 Å². The first kappa shape index (κ1) is 17.8. The van der Waals surface area contributed by atoms with E-state index in [-0.39, 0.29) is 17.7 Å². The van der Waals surface area contributed by atoms with E-state index in [0.717, 1.165) is 12.8 Å². The van der Waals surface area contributed by atoms with Crippen molar-refractivity contribution in [2.75, 3.05) is 25.0 Å². The number of carbonyl (C=O) groups excluding carboxylic acids is 1. The molecule has 0 unspecified atom stereocenters. The van der Waals surface area contributed by atoms with Crippen LogP contribution in [0.4, 0.5) is 10.5 Å². The lowest BCUT2D eigenvalue weighted by Gasteiger charge is -2.38. The number of nitrogens with one attached hydrogen (secondary N) is 1. The van der Waals surface area contributed by atoms with Crippen LogP contribution in [0.15, 0.2) is 48.8 Å². The average Bonchev–Trinajstić information content (AvgIpc) is 3.05. The number of benzene rings is 1. The van der Waals surface area contributed by atoms with Crippen molar-refractivity contribution in [2.24, 2.45) is 0 Å². The Morgan fingerprint density at radius 2 is 2.07 bits per heavy atom. The van der Waals surface area contributed by atoms with Crippen molar-refractivity contribution in [3.8, 4) is 11.5 Å². The SMILES string of the molecule is O=C(Nc1ccccc1Oc1cccnc1)N1CCC2(CC1)C[C@H](O)CO2. The number of aromatic nitrogens is 1. The summed E-state index contributed by atoms with van der Waals surface area (Å²) < 4.78 is 11.6. The van der Waals surface area contributed by atoms with Gasteiger partial charge in [-0.25, -0.2) is 4.79 Å². The molecule has 3 heterocycles. The molecule has 2 N–H and O–H groups in total. The van der Waals surface area contributed by atoms with E-state index >= 15 is 0 Å². The van der Waals surface area contributed by atoms with E-state index in [0.29, 0.717) is 43.3 Å². The van der Waals surface area contributed by atoms with Gasteiger partial charge in [-0.15, -0.1) is 0 Å². The molecule has 1 aromatic heterocycles. The number of aliphatic hydroxyl groups excluding tert-OH is 1. The molecule has 0 saturated carbocycles. The molecular formula is C20H23N3O4. The molecule has 2 saturated heterocycles. The van der Waals surface area contributed by atoms with Crippen molar-refractivity contribution in [1.82, 2.24) is 9.88 Å². The van der Waals surface area contributed by atoms with Crippen molar-refractivity contribution in [2.45, 2.75) is 31.0 Å². The monoisotopic (exact) mass is 369 g/mol. The predicted octanol–water partition coefficient (Wildman–Crippen LogP) is 3.02. The van der Waals surface area contributed by atoms with Gasteiger partial charge in [0.15, 0.2) is 5.75 Å². The highest BCUT2D eigenvalue weighted by Gasteiger charge is 2.42. The molecule has 0 radical (unpaired) electrons. The number of rotatable bonds is 3. The quantitative estimate of drug-likeness (QED) is 0.869. The molecule has 2 aliphatic rings. The van der Waals surface area contributed by atoms with Crippen LogP contribution in [-0.4, -0.2) is 52.4 Å². The zero-order valence-corrected chi connectivity index (χ0v) is 15.0. The Labute approximate surface area is 157 Å². The molecule has 7 heteroatoms. The Hall–Kier alpha value is -2.64. The lowest BCUT2D eigenvalue weighted by atomic mass is 9.88. The minimum Gasteiger partial charge on any atom is -0.454 e. The highest BCUT2D eigenvalue weighted by Crippen LogP contribution is 2.36. The topological polar surface area (TPSA) is 83.9 Å². The lowest BCUT2D eigenvalue weighted by molar-refractivity contribution is -0.0365. The number of piperidine rings is 1. The molecule has 1 atom stereocenters. The molecule has 142 valence electrons. The van der Waals surface area contributed by atoms with Gasteiger partial charge in [-0.3, -0.25) is 4.98 Å². The molecule has 4 rings (SSSR count). The molecule has 0 bridgehead atoms. The maximum Gasteiger partial charge on any atom is 0.321 e. The van der Waals surface area contributed by atoms with E-state index in [1.165, 1.54) is 0 Å². The normalized spacial score (nSPS) is 21.2. The second kappa shape index (κ2) is 7.54. The van der Waals surface area contributed by atoms with Gasteiger partial charge in [0.05, 0.1) is 30.2 Å². The van der Waals surface area contributed by atoms with Crippen LogP contribution in [0.3, 0.4) is 0 Å². The Bertz CT molecular complexity index is 791. The fraction of sp³-hybridized carbons (Fsp3) is 0.400. The van der Waals surface area contributed by atoms with Crippen LogP contribution in [-0.2, 0) is 4.74 Å². The third kappa shape index (κ3) is 4.04. The van der Waals surface area contributed by atoms with Gasteiger partial charge in [0.25, 0.3) is 0 Å². The standard InChI is InChI=1S/C20H23N3O4/c24-15-12-20(26-14-15)7-10-23(11-8-20)19(25)22-17-5-1-2-6-18(17)27-16-4-3-9-21-13-16/h1-6,9,13,15,24H,7-8,10-12,14H2,(H,22,25)/t15-/m0/s1. The highest BCUT2D eigenvalue weighted by molar-refractivity contribution is 5.91.